The molecule has 8 nitrogen and oxygen atoms in total. The molecule has 2 heterocycles. The van der Waals surface area contributed by atoms with Gasteiger partial charge in [0.1, 0.15) is 12.4 Å². The fourth-order valence-corrected chi connectivity index (χ4v) is 2.43. The third kappa shape index (κ3) is 4.27. The molecule has 136 valence electrons. The second-order valence-corrected chi connectivity index (χ2v) is 5.90. The van der Waals surface area contributed by atoms with Gasteiger partial charge in [-0.15, -0.1) is 0 Å². The van der Waals surface area contributed by atoms with Crippen LogP contribution in [0.25, 0.3) is 0 Å². The van der Waals surface area contributed by atoms with Crippen molar-refractivity contribution in [3.8, 4) is 5.75 Å². The van der Waals surface area contributed by atoms with Crippen molar-refractivity contribution in [2.45, 2.75) is 38.8 Å². The summed E-state index contributed by atoms with van der Waals surface area (Å²) in [4.78, 5) is 23.9. The first-order valence-corrected chi connectivity index (χ1v) is 7.83. The van der Waals surface area contributed by atoms with Gasteiger partial charge in [0, 0.05) is 31.0 Å². The van der Waals surface area contributed by atoms with E-state index in [4.69, 9.17) is 13.9 Å². The van der Waals surface area contributed by atoms with Gasteiger partial charge in [-0.25, -0.2) is 0 Å². The summed E-state index contributed by atoms with van der Waals surface area (Å²) >= 11 is 0. The van der Waals surface area contributed by atoms with Crippen LogP contribution in [0, 0.1) is 0 Å². The number of carbonyl (C=O) groups is 1. The summed E-state index contributed by atoms with van der Waals surface area (Å²) in [5.74, 6) is -1.49. The molecule has 2 aromatic heterocycles. The molecule has 25 heavy (non-hydrogen) atoms. The first-order chi connectivity index (χ1) is 11.9. The summed E-state index contributed by atoms with van der Waals surface area (Å²) in [6.07, 6.45) is 3.23. The summed E-state index contributed by atoms with van der Waals surface area (Å²) in [6.45, 7) is 3.99. The highest BCUT2D eigenvalue weighted by Gasteiger charge is 2.27. The average Bonchev–Trinajstić information content (AvgIpc) is 3.06. The first kappa shape index (κ1) is 18.7. The molecule has 0 aliphatic carbocycles. The molecule has 2 aromatic rings. The van der Waals surface area contributed by atoms with E-state index in [1.165, 1.54) is 14.2 Å². The highest BCUT2D eigenvalue weighted by molar-refractivity contribution is 5.71. The number of carbonyl (C=O) groups excluding carboxylic acids is 1. The molecule has 8 heteroatoms. The van der Waals surface area contributed by atoms with Gasteiger partial charge in [-0.05, 0) is 13.8 Å². The molecule has 0 aromatic carbocycles. The van der Waals surface area contributed by atoms with Crippen LogP contribution in [0.4, 0.5) is 0 Å². The number of ether oxygens (including phenoxy) is 2. The Bertz CT molecular complexity index is 793. The number of aromatic nitrogens is 2. The van der Waals surface area contributed by atoms with Crippen molar-refractivity contribution >= 4 is 5.97 Å². The van der Waals surface area contributed by atoms with Gasteiger partial charge < -0.3 is 19.0 Å². The summed E-state index contributed by atoms with van der Waals surface area (Å²) in [7, 11) is 2.74. The molecule has 1 N–H and O–H groups in total. The number of rotatable bonds is 7. The van der Waals surface area contributed by atoms with E-state index in [1.807, 2.05) is 13.8 Å². The Hall–Kier alpha value is -2.61. The monoisotopic (exact) mass is 350 g/mol. The van der Waals surface area contributed by atoms with Crippen LogP contribution in [0.3, 0.4) is 0 Å². The summed E-state index contributed by atoms with van der Waals surface area (Å²) in [6, 6.07) is 1.28. The molecule has 0 saturated carbocycles. The molecule has 0 bridgehead atoms. The lowest BCUT2D eigenvalue weighted by Crippen LogP contribution is -2.14. The van der Waals surface area contributed by atoms with Gasteiger partial charge in [0.15, 0.2) is 5.76 Å². The largest absolute Gasteiger partial charge is 0.502 e. The van der Waals surface area contributed by atoms with Crippen LogP contribution in [0.1, 0.15) is 49.3 Å². The van der Waals surface area contributed by atoms with Crippen molar-refractivity contribution in [1.29, 1.82) is 0 Å². The predicted molar refractivity (Wildman–Crippen MR) is 88.4 cm³/mol. The maximum absolute atomic E-state index is 12.0. The lowest BCUT2D eigenvalue weighted by atomic mass is 9.94. The molecule has 0 amide bonds. The Morgan fingerprint density at radius 2 is 2.12 bits per heavy atom. The van der Waals surface area contributed by atoms with Crippen LogP contribution in [0.15, 0.2) is 27.7 Å². The lowest BCUT2D eigenvalue weighted by Gasteiger charge is -2.15. The number of hydrogen-bond acceptors (Lipinski definition) is 7. The number of esters is 1. The van der Waals surface area contributed by atoms with Crippen LogP contribution < -0.4 is 5.43 Å². The molecule has 2 rings (SSSR count). The molecule has 0 aliphatic heterocycles. The molecule has 0 saturated heterocycles. The highest BCUT2D eigenvalue weighted by atomic mass is 16.5. The lowest BCUT2D eigenvalue weighted by molar-refractivity contribution is -0.140. The van der Waals surface area contributed by atoms with E-state index in [1.54, 1.807) is 17.1 Å². The topological polar surface area (TPSA) is 104 Å². The normalized spacial score (nSPS) is 12.4. The van der Waals surface area contributed by atoms with Gasteiger partial charge in [-0.3, -0.25) is 14.3 Å². The molecule has 0 radical (unpaired) electrons. The summed E-state index contributed by atoms with van der Waals surface area (Å²) in [5, 5.41) is 14.4. The van der Waals surface area contributed by atoms with Crippen molar-refractivity contribution in [3.63, 3.8) is 0 Å². The molecule has 1 unspecified atom stereocenters. The number of nitrogens with zero attached hydrogens (tertiary/aromatic N) is 2. The van der Waals surface area contributed by atoms with Crippen LogP contribution in [0.2, 0.25) is 0 Å². The van der Waals surface area contributed by atoms with E-state index >= 15 is 0 Å². The van der Waals surface area contributed by atoms with E-state index in [0.717, 1.165) is 6.07 Å². The number of methoxy groups -OCH3 is 2. The van der Waals surface area contributed by atoms with E-state index in [-0.39, 0.29) is 30.6 Å². The summed E-state index contributed by atoms with van der Waals surface area (Å²) < 4.78 is 17.1. The maximum Gasteiger partial charge on any atom is 0.306 e. The smallest absolute Gasteiger partial charge is 0.306 e. The van der Waals surface area contributed by atoms with Crippen molar-refractivity contribution in [2.75, 3.05) is 14.2 Å². The van der Waals surface area contributed by atoms with Crippen LogP contribution in [-0.4, -0.2) is 35.1 Å². The van der Waals surface area contributed by atoms with Crippen LogP contribution >= 0.6 is 0 Å². The Kier molecular flexibility index (Phi) is 5.97. The molecule has 0 aliphatic rings. The molecular formula is C17H22N2O6. The van der Waals surface area contributed by atoms with Gasteiger partial charge in [0.2, 0.25) is 11.2 Å². The van der Waals surface area contributed by atoms with E-state index in [0.29, 0.717) is 5.56 Å². The van der Waals surface area contributed by atoms with E-state index in [2.05, 4.69) is 5.10 Å². The Morgan fingerprint density at radius 1 is 1.40 bits per heavy atom. The Balaban J connectivity index is 2.54. The quantitative estimate of drug-likeness (QED) is 0.761. The summed E-state index contributed by atoms with van der Waals surface area (Å²) in [5.41, 5.74) is 0.0338. The van der Waals surface area contributed by atoms with Gasteiger partial charge >= 0.3 is 5.97 Å². The first-order valence-electron chi connectivity index (χ1n) is 7.83. The minimum atomic E-state index is -0.704. The zero-order valence-electron chi connectivity index (χ0n) is 14.7. The third-order valence-corrected chi connectivity index (χ3v) is 3.75. The Morgan fingerprint density at radius 3 is 2.68 bits per heavy atom. The van der Waals surface area contributed by atoms with Crippen molar-refractivity contribution in [3.05, 3.63) is 45.8 Å². The SMILES string of the molecule is COCc1cc(=O)c(O)c(C(CC(=O)OC)c2cnn(C(C)C)c2)o1. The average molecular weight is 350 g/mol. The second-order valence-electron chi connectivity index (χ2n) is 5.90. The third-order valence-electron chi connectivity index (χ3n) is 3.75. The predicted octanol–water partition coefficient (Wildman–Crippen LogP) is 1.96. The van der Waals surface area contributed by atoms with Gasteiger partial charge in [-0.1, -0.05) is 0 Å². The fourth-order valence-electron chi connectivity index (χ4n) is 2.43. The van der Waals surface area contributed by atoms with Gasteiger partial charge in [0.25, 0.3) is 0 Å². The Labute approximate surface area is 145 Å². The number of hydrogen-bond donors (Lipinski definition) is 1. The van der Waals surface area contributed by atoms with Gasteiger partial charge in [-0.2, -0.15) is 5.10 Å². The zero-order chi connectivity index (χ0) is 18.6. The standard InChI is InChI=1S/C17H22N2O6/c1-10(2)19-8-11(7-18-19)13(6-15(21)24-4)17-16(22)14(20)5-12(25-17)9-23-3/h5,7-8,10,13,22H,6,9H2,1-4H3. The van der Waals surface area contributed by atoms with Gasteiger partial charge in [0.05, 0.1) is 25.6 Å². The second kappa shape index (κ2) is 7.98. The van der Waals surface area contributed by atoms with Crippen LogP contribution in [-0.2, 0) is 20.9 Å². The van der Waals surface area contributed by atoms with Crippen molar-refractivity contribution in [1.82, 2.24) is 9.78 Å². The molecule has 1 atom stereocenters. The van der Waals surface area contributed by atoms with E-state index < -0.39 is 23.1 Å². The molecule has 0 spiro atoms. The maximum atomic E-state index is 12.0. The van der Waals surface area contributed by atoms with Crippen molar-refractivity contribution < 1.29 is 23.8 Å². The minimum Gasteiger partial charge on any atom is -0.502 e. The zero-order valence-corrected chi connectivity index (χ0v) is 14.7. The highest BCUT2D eigenvalue weighted by Crippen LogP contribution is 2.33. The minimum absolute atomic E-state index is 0.00624. The fraction of sp³-hybridized carbons (Fsp3) is 0.471. The molecule has 0 fully saturated rings. The number of aromatic hydroxyl groups is 1. The molecular weight excluding hydrogens is 328 g/mol. The van der Waals surface area contributed by atoms with E-state index in [9.17, 15) is 14.7 Å². The van der Waals surface area contributed by atoms with Crippen molar-refractivity contribution in [2.24, 2.45) is 0 Å². The van der Waals surface area contributed by atoms with Crippen LogP contribution in [0.5, 0.6) is 5.75 Å².